The molecule has 1 aliphatic heterocycles. The van der Waals surface area contributed by atoms with Crippen LogP contribution < -0.4 is 10.2 Å². The number of furan rings is 1. The van der Waals surface area contributed by atoms with Crippen molar-refractivity contribution in [1.29, 1.82) is 0 Å². The van der Waals surface area contributed by atoms with Crippen LogP contribution in [0.4, 0.5) is 5.69 Å². The molecule has 134 valence electrons. The summed E-state index contributed by atoms with van der Waals surface area (Å²) in [7, 11) is 0. The summed E-state index contributed by atoms with van der Waals surface area (Å²) < 4.78 is 5.27. The molecule has 1 aromatic carbocycles. The Balaban J connectivity index is 1.42. The molecule has 0 spiro atoms. The normalized spacial score (nSPS) is 14.8. The maximum atomic E-state index is 12.4. The molecule has 1 aliphatic rings. The molecule has 0 bridgehead atoms. The molecule has 0 atom stereocenters. The lowest BCUT2D eigenvalue weighted by molar-refractivity contribution is -0.131. The van der Waals surface area contributed by atoms with Crippen molar-refractivity contribution in [3.63, 3.8) is 0 Å². The Labute approximate surface area is 149 Å². The Morgan fingerprint density at radius 2 is 1.92 bits per heavy atom. The SMILES string of the molecule is Cc1cccc(N2CCN(C(=O)CCNCc3ccco3)CC2)c1C. The van der Waals surface area contributed by atoms with Crippen LogP contribution in [0, 0.1) is 13.8 Å². The highest BCUT2D eigenvalue weighted by atomic mass is 16.3. The summed E-state index contributed by atoms with van der Waals surface area (Å²) in [5.74, 6) is 1.13. The third-order valence-electron chi connectivity index (χ3n) is 4.94. The zero-order valence-electron chi connectivity index (χ0n) is 15.1. The molecule has 1 fully saturated rings. The molecular formula is C20H27N3O2. The lowest BCUT2D eigenvalue weighted by Gasteiger charge is -2.37. The topological polar surface area (TPSA) is 48.7 Å². The maximum Gasteiger partial charge on any atom is 0.223 e. The van der Waals surface area contributed by atoms with E-state index in [0.29, 0.717) is 19.5 Å². The number of benzene rings is 1. The van der Waals surface area contributed by atoms with E-state index in [1.807, 2.05) is 17.0 Å². The molecule has 25 heavy (non-hydrogen) atoms. The predicted octanol–water partition coefficient (Wildman–Crippen LogP) is 2.72. The van der Waals surface area contributed by atoms with Crippen molar-refractivity contribution in [2.75, 3.05) is 37.6 Å². The van der Waals surface area contributed by atoms with E-state index in [2.05, 4.69) is 42.3 Å². The summed E-state index contributed by atoms with van der Waals surface area (Å²) in [5, 5.41) is 3.25. The van der Waals surface area contributed by atoms with Gasteiger partial charge in [0.1, 0.15) is 5.76 Å². The molecule has 5 nitrogen and oxygen atoms in total. The first-order chi connectivity index (χ1) is 12.1. The van der Waals surface area contributed by atoms with Gasteiger partial charge < -0.3 is 19.5 Å². The van der Waals surface area contributed by atoms with Crippen molar-refractivity contribution in [3.05, 3.63) is 53.5 Å². The van der Waals surface area contributed by atoms with E-state index in [1.165, 1.54) is 16.8 Å². The van der Waals surface area contributed by atoms with Crippen molar-refractivity contribution >= 4 is 11.6 Å². The van der Waals surface area contributed by atoms with Gasteiger partial charge in [-0.25, -0.2) is 0 Å². The fourth-order valence-electron chi connectivity index (χ4n) is 3.25. The molecule has 0 radical (unpaired) electrons. The Morgan fingerprint density at radius 1 is 1.12 bits per heavy atom. The zero-order chi connectivity index (χ0) is 17.6. The van der Waals surface area contributed by atoms with E-state index in [4.69, 9.17) is 4.42 Å². The molecule has 2 heterocycles. The Bertz CT molecular complexity index is 689. The van der Waals surface area contributed by atoms with Gasteiger partial charge in [-0.15, -0.1) is 0 Å². The van der Waals surface area contributed by atoms with Gasteiger partial charge in [0.25, 0.3) is 0 Å². The first-order valence-corrected chi connectivity index (χ1v) is 8.97. The summed E-state index contributed by atoms with van der Waals surface area (Å²) in [6, 6.07) is 10.2. The van der Waals surface area contributed by atoms with Crippen molar-refractivity contribution in [1.82, 2.24) is 10.2 Å². The Hall–Kier alpha value is -2.27. The summed E-state index contributed by atoms with van der Waals surface area (Å²) in [4.78, 5) is 16.7. The second-order valence-corrected chi connectivity index (χ2v) is 6.59. The van der Waals surface area contributed by atoms with Gasteiger partial charge in [-0.1, -0.05) is 12.1 Å². The molecule has 3 rings (SSSR count). The summed E-state index contributed by atoms with van der Waals surface area (Å²) in [5.41, 5.74) is 3.95. The first-order valence-electron chi connectivity index (χ1n) is 8.97. The molecule has 2 aromatic rings. The van der Waals surface area contributed by atoms with Crippen LogP contribution in [0.15, 0.2) is 41.0 Å². The molecule has 1 aromatic heterocycles. The number of nitrogens with zero attached hydrogens (tertiary/aromatic N) is 2. The van der Waals surface area contributed by atoms with Gasteiger partial charge in [-0.05, 0) is 43.2 Å². The standard InChI is InChI=1S/C20H27N3O2/c1-16-5-3-7-19(17(16)2)22-10-12-23(13-11-22)20(24)8-9-21-15-18-6-4-14-25-18/h3-7,14,21H,8-13,15H2,1-2H3. The largest absolute Gasteiger partial charge is 0.468 e. The van der Waals surface area contributed by atoms with Crippen LogP contribution in [0.25, 0.3) is 0 Å². The number of amides is 1. The average Bonchev–Trinajstić information content (AvgIpc) is 3.14. The number of nitrogens with one attached hydrogen (secondary N) is 1. The van der Waals surface area contributed by atoms with Gasteiger partial charge in [0.15, 0.2) is 0 Å². The van der Waals surface area contributed by atoms with Crippen molar-refractivity contribution < 1.29 is 9.21 Å². The van der Waals surface area contributed by atoms with Crippen LogP contribution in [0.5, 0.6) is 0 Å². The van der Waals surface area contributed by atoms with Crippen LogP contribution >= 0.6 is 0 Å². The van der Waals surface area contributed by atoms with Gasteiger partial charge in [-0.3, -0.25) is 4.79 Å². The maximum absolute atomic E-state index is 12.4. The average molecular weight is 341 g/mol. The van der Waals surface area contributed by atoms with Gasteiger partial charge in [0, 0.05) is 44.8 Å². The van der Waals surface area contributed by atoms with Crippen molar-refractivity contribution in [2.45, 2.75) is 26.8 Å². The molecule has 0 aliphatic carbocycles. The predicted molar refractivity (Wildman–Crippen MR) is 99.7 cm³/mol. The fraction of sp³-hybridized carbons (Fsp3) is 0.450. The monoisotopic (exact) mass is 341 g/mol. The minimum atomic E-state index is 0.229. The number of carbonyl (C=O) groups excluding carboxylic acids is 1. The lowest BCUT2D eigenvalue weighted by atomic mass is 10.1. The van der Waals surface area contributed by atoms with Crippen LogP contribution in [0.3, 0.4) is 0 Å². The quantitative estimate of drug-likeness (QED) is 0.821. The summed E-state index contributed by atoms with van der Waals surface area (Å²) in [6.07, 6.45) is 2.20. The molecule has 5 heteroatoms. The highest BCUT2D eigenvalue weighted by molar-refractivity contribution is 5.76. The zero-order valence-corrected chi connectivity index (χ0v) is 15.1. The molecule has 0 unspecified atom stereocenters. The van der Waals surface area contributed by atoms with Crippen LogP contribution in [-0.4, -0.2) is 43.5 Å². The highest BCUT2D eigenvalue weighted by Crippen LogP contribution is 2.23. The molecule has 1 saturated heterocycles. The number of piperazine rings is 1. The molecule has 1 amide bonds. The van der Waals surface area contributed by atoms with E-state index < -0.39 is 0 Å². The van der Waals surface area contributed by atoms with Gasteiger partial charge in [0.2, 0.25) is 5.91 Å². The second kappa shape index (κ2) is 8.21. The number of hydrogen-bond donors (Lipinski definition) is 1. The minimum absolute atomic E-state index is 0.229. The fourth-order valence-corrected chi connectivity index (χ4v) is 3.25. The van der Waals surface area contributed by atoms with E-state index in [0.717, 1.165) is 31.9 Å². The second-order valence-electron chi connectivity index (χ2n) is 6.59. The van der Waals surface area contributed by atoms with Gasteiger partial charge in [-0.2, -0.15) is 0 Å². The summed E-state index contributed by atoms with van der Waals surface area (Å²) in [6.45, 7) is 9.05. The molecule has 1 N–H and O–H groups in total. The van der Waals surface area contributed by atoms with E-state index >= 15 is 0 Å². The lowest BCUT2D eigenvalue weighted by Crippen LogP contribution is -2.49. The number of anilines is 1. The Kier molecular flexibility index (Phi) is 5.76. The van der Waals surface area contributed by atoms with Gasteiger partial charge >= 0.3 is 0 Å². The van der Waals surface area contributed by atoms with E-state index in [1.54, 1.807) is 6.26 Å². The Morgan fingerprint density at radius 3 is 2.64 bits per heavy atom. The highest BCUT2D eigenvalue weighted by Gasteiger charge is 2.21. The molecular weight excluding hydrogens is 314 g/mol. The van der Waals surface area contributed by atoms with Crippen molar-refractivity contribution in [3.8, 4) is 0 Å². The number of rotatable bonds is 6. The third-order valence-corrected chi connectivity index (χ3v) is 4.94. The first kappa shape index (κ1) is 17.5. The molecule has 0 saturated carbocycles. The van der Waals surface area contributed by atoms with Crippen molar-refractivity contribution in [2.24, 2.45) is 0 Å². The van der Waals surface area contributed by atoms with Crippen LogP contribution in [-0.2, 0) is 11.3 Å². The third kappa shape index (κ3) is 4.42. The number of aryl methyl sites for hydroxylation is 1. The smallest absolute Gasteiger partial charge is 0.223 e. The van der Waals surface area contributed by atoms with Crippen LogP contribution in [0.1, 0.15) is 23.3 Å². The number of carbonyl (C=O) groups is 1. The van der Waals surface area contributed by atoms with Gasteiger partial charge in [0.05, 0.1) is 12.8 Å². The minimum Gasteiger partial charge on any atom is -0.468 e. The van der Waals surface area contributed by atoms with E-state index in [-0.39, 0.29) is 5.91 Å². The summed E-state index contributed by atoms with van der Waals surface area (Å²) >= 11 is 0. The van der Waals surface area contributed by atoms with E-state index in [9.17, 15) is 4.79 Å². The number of hydrogen-bond acceptors (Lipinski definition) is 4. The van der Waals surface area contributed by atoms with Crippen LogP contribution in [0.2, 0.25) is 0 Å².